The van der Waals surface area contributed by atoms with Crippen molar-refractivity contribution in [3.63, 3.8) is 0 Å². The van der Waals surface area contributed by atoms with E-state index >= 15 is 0 Å². The summed E-state index contributed by atoms with van der Waals surface area (Å²) in [6.07, 6.45) is 10.8. The van der Waals surface area contributed by atoms with Crippen LogP contribution in [0.1, 0.15) is 51.0 Å². The maximum absolute atomic E-state index is 13.0. The lowest BCUT2D eigenvalue weighted by Crippen LogP contribution is -2.61. The minimum absolute atomic E-state index is 0.0426. The van der Waals surface area contributed by atoms with Crippen LogP contribution in [0.3, 0.4) is 0 Å². The summed E-state index contributed by atoms with van der Waals surface area (Å²) < 4.78 is 0. The number of likely N-dealkylation sites (N-methyl/N-ethyl adjacent to an activating group) is 1. The largest absolute Gasteiger partial charge is 0.334 e. The molecule has 0 heterocycles. The Balaban J connectivity index is 1.53. The minimum atomic E-state index is -0.410. The topological polar surface area (TPSA) is 63.5 Å². The van der Waals surface area contributed by atoms with Crippen LogP contribution >= 0.6 is 0 Å². The fourth-order valence-electron chi connectivity index (χ4n) is 6.12. The molecular weight excluding hydrogens is 328 g/mol. The fourth-order valence-corrected chi connectivity index (χ4v) is 6.12. The molecule has 0 aromatic heterocycles. The summed E-state index contributed by atoms with van der Waals surface area (Å²) >= 11 is 0. The van der Waals surface area contributed by atoms with Gasteiger partial charge in [-0.05, 0) is 74.8 Å². The highest BCUT2D eigenvalue weighted by molar-refractivity contribution is 5.92. The maximum atomic E-state index is 13.0. The molecule has 0 N–H and O–H groups in total. The SMILES string of the molecule is CCN(C(=O)C=Cc1cccc([N+](=O)[O-])c1)C12CC3CC(CC(C3)C1)C2. The van der Waals surface area contributed by atoms with Gasteiger partial charge in [0.1, 0.15) is 0 Å². The second kappa shape index (κ2) is 6.53. The number of non-ortho nitro benzene ring substituents is 1. The van der Waals surface area contributed by atoms with E-state index in [4.69, 9.17) is 0 Å². The van der Waals surface area contributed by atoms with E-state index in [0.29, 0.717) is 5.56 Å². The molecule has 0 aliphatic heterocycles. The fraction of sp³-hybridized carbons (Fsp3) is 0.571. The van der Waals surface area contributed by atoms with Crippen molar-refractivity contribution in [1.29, 1.82) is 0 Å². The Hall–Kier alpha value is -2.17. The Morgan fingerprint density at radius 1 is 1.23 bits per heavy atom. The summed E-state index contributed by atoms with van der Waals surface area (Å²) in [5, 5.41) is 10.9. The molecule has 0 spiro atoms. The van der Waals surface area contributed by atoms with Crippen LogP contribution in [0, 0.1) is 27.9 Å². The van der Waals surface area contributed by atoms with Crippen LogP contribution in [0.2, 0.25) is 0 Å². The van der Waals surface area contributed by atoms with E-state index in [9.17, 15) is 14.9 Å². The second-order valence-corrected chi connectivity index (χ2v) is 8.41. The Kier molecular flexibility index (Phi) is 4.33. The third-order valence-corrected chi connectivity index (χ3v) is 6.66. The third-order valence-electron chi connectivity index (χ3n) is 6.66. The van der Waals surface area contributed by atoms with Gasteiger partial charge >= 0.3 is 0 Å². The van der Waals surface area contributed by atoms with Gasteiger partial charge in [0.05, 0.1) is 4.92 Å². The van der Waals surface area contributed by atoms with Crippen LogP contribution in [0.25, 0.3) is 6.08 Å². The molecule has 0 saturated heterocycles. The van der Waals surface area contributed by atoms with Crippen molar-refractivity contribution in [3.05, 3.63) is 46.0 Å². The first-order chi connectivity index (χ1) is 12.5. The number of carbonyl (C=O) groups is 1. The van der Waals surface area contributed by atoms with Crippen LogP contribution < -0.4 is 0 Å². The van der Waals surface area contributed by atoms with E-state index in [0.717, 1.165) is 43.6 Å². The Labute approximate surface area is 154 Å². The monoisotopic (exact) mass is 354 g/mol. The normalized spacial score (nSPS) is 32.1. The molecule has 4 saturated carbocycles. The van der Waals surface area contributed by atoms with Crippen molar-refractivity contribution in [2.75, 3.05) is 6.54 Å². The predicted octanol–water partition coefficient (Wildman–Crippen LogP) is 4.43. The summed E-state index contributed by atoms with van der Waals surface area (Å²) in [7, 11) is 0. The molecule has 1 amide bonds. The van der Waals surface area contributed by atoms with Crippen LogP contribution in [0.5, 0.6) is 0 Å². The molecule has 1 aromatic carbocycles. The first kappa shape index (κ1) is 17.3. The molecule has 5 heteroatoms. The van der Waals surface area contributed by atoms with Crippen LogP contribution in [-0.2, 0) is 4.79 Å². The van der Waals surface area contributed by atoms with Gasteiger partial charge in [-0.1, -0.05) is 12.1 Å². The van der Waals surface area contributed by atoms with E-state index < -0.39 is 4.92 Å². The van der Waals surface area contributed by atoms with Gasteiger partial charge in [0.15, 0.2) is 0 Å². The standard InChI is InChI=1S/C21H26N2O3/c1-2-22(21-12-16-8-17(13-21)10-18(9-16)14-21)20(24)7-6-15-4-3-5-19(11-15)23(25)26/h3-7,11,16-18H,2,8-10,12-14H2,1H3. The lowest BCUT2D eigenvalue weighted by Gasteiger charge is -2.60. The van der Waals surface area contributed by atoms with Crippen LogP contribution in [0.4, 0.5) is 5.69 Å². The summed E-state index contributed by atoms with van der Waals surface area (Å²) in [6, 6.07) is 6.41. The van der Waals surface area contributed by atoms with Gasteiger partial charge in [-0.3, -0.25) is 14.9 Å². The highest BCUT2D eigenvalue weighted by Gasteiger charge is 2.54. The van der Waals surface area contributed by atoms with Crippen molar-refractivity contribution in [1.82, 2.24) is 4.90 Å². The van der Waals surface area contributed by atoms with E-state index in [1.54, 1.807) is 24.3 Å². The summed E-state index contributed by atoms with van der Waals surface area (Å²) in [5.41, 5.74) is 0.787. The van der Waals surface area contributed by atoms with E-state index in [2.05, 4.69) is 11.8 Å². The molecule has 5 nitrogen and oxygen atoms in total. The van der Waals surface area contributed by atoms with E-state index in [1.807, 2.05) is 0 Å². The van der Waals surface area contributed by atoms with Gasteiger partial charge in [0.2, 0.25) is 5.91 Å². The number of rotatable bonds is 5. The average molecular weight is 354 g/mol. The number of hydrogen-bond donors (Lipinski definition) is 0. The molecule has 138 valence electrons. The molecule has 5 rings (SSSR count). The van der Waals surface area contributed by atoms with Gasteiger partial charge in [-0.15, -0.1) is 0 Å². The molecule has 0 radical (unpaired) electrons. The summed E-state index contributed by atoms with van der Waals surface area (Å²) in [4.78, 5) is 25.6. The number of hydrogen-bond acceptors (Lipinski definition) is 3. The van der Waals surface area contributed by atoms with Gasteiger partial charge in [0, 0.05) is 30.3 Å². The quantitative estimate of drug-likeness (QED) is 0.446. The zero-order valence-electron chi connectivity index (χ0n) is 15.3. The van der Waals surface area contributed by atoms with Gasteiger partial charge < -0.3 is 4.90 Å². The van der Waals surface area contributed by atoms with E-state index in [-0.39, 0.29) is 17.1 Å². The number of benzene rings is 1. The van der Waals surface area contributed by atoms with Crippen molar-refractivity contribution in [3.8, 4) is 0 Å². The molecule has 1 aromatic rings. The summed E-state index contributed by atoms with van der Waals surface area (Å²) in [5.74, 6) is 2.43. The van der Waals surface area contributed by atoms with Gasteiger partial charge in [0.25, 0.3) is 5.69 Å². The van der Waals surface area contributed by atoms with Crippen LogP contribution in [0.15, 0.2) is 30.3 Å². The van der Waals surface area contributed by atoms with E-state index in [1.165, 1.54) is 31.4 Å². The Bertz CT molecular complexity index is 720. The van der Waals surface area contributed by atoms with Gasteiger partial charge in [-0.2, -0.15) is 0 Å². The van der Waals surface area contributed by atoms with Gasteiger partial charge in [-0.25, -0.2) is 0 Å². The van der Waals surface area contributed by atoms with Crippen molar-refractivity contribution < 1.29 is 9.72 Å². The third kappa shape index (κ3) is 3.04. The lowest BCUT2D eigenvalue weighted by molar-refractivity contribution is -0.384. The zero-order valence-corrected chi connectivity index (χ0v) is 15.3. The highest BCUT2D eigenvalue weighted by atomic mass is 16.6. The predicted molar refractivity (Wildman–Crippen MR) is 100 cm³/mol. The average Bonchev–Trinajstić information content (AvgIpc) is 2.59. The first-order valence-corrected chi connectivity index (χ1v) is 9.73. The number of carbonyl (C=O) groups excluding carboxylic acids is 1. The maximum Gasteiger partial charge on any atom is 0.270 e. The van der Waals surface area contributed by atoms with Crippen molar-refractivity contribution in [2.45, 2.75) is 51.0 Å². The molecule has 26 heavy (non-hydrogen) atoms. The smallest absolute Gasteiger partial charge is 0.270 e. The second-order valence-electron chi connectivity index (χ2n) is 8.41. The molecule has 4 aliphatic rings. The molecule has 0 unspecified atom stereocenters. The molecule has 4 bridgehead atoms. The zero-order chi connectivity index (χ0) is 18.3. The Morgan fingerprint density at radius 3 is 2.38 bits per heavy atom. The number of nitro benzene ring substituents is 1. The van der Waals surface area contributed by atoms with Crippen molar-refractivity contribution in [2.24, 2.45) is 17.8 Å². The number of amides is 1. The lowest BCUT2D eigenvalue weighted by atomic mass is 9.52. The number of nitrogens with zero attached hydrogens (tertiary/aromatic N) is 2. The molecular formula is C21H26N2O3. The highest BCUT2D eigenvalue weighted by Crippen LogP contribution is 2.57. The minimum Gasteiger partial charge on any atom is -0.334 e. The first-order valence-electron chi connectivity index (χ1n) is 9.73. The molecule has 4 fully saturated rings. The summed E-state index contributed by atoms with van der Waals surface area (Å²) in [6.45, 7) is 2.79. The van der Waals surface area contributed by atoms with Crippen LogP contribution in [-0.4, -0.2) is 27.8 Å². The molecule has 0 atom stereocenters. The van der Waals surface area contributed by atoms with Crippen molar-refractivity contribution >= 4 is 17.7 Å². The Morgan fingerprint density at radius 2 is 1.85 bits per heavy atom. The number of nitro groups is 1. The molecule has 4 aliphatic carbocycles.